The summed E-state index contributed by atoms with van der Waals surface area (Å²) in [5.41, 5.74) is 2.79. The van der Waals surface area contributed by atoms with Crippen molar-refractivity contribution in [1.82, 2.24) is 10.1 Å². The van der Waals surface area contributed by atoms with E-state index >= 15 is 0 Å². The zero-order valence-electron chi connectivity index (χ0n) is 17.6. The number of hydrogen-bond acceptors (Lipinski definition) is 5. The van der Waals surface area contributed by atoms with Gasteiger partial charge in [0.1, 0.15) is 17.0 Å². The van der Waals surface area contributed by atoms with E-state index in [1.165, 1.54) is 5.56 Å². The summed E-state index contributed by atoms with van der Waals surface area (Å²) in [6, 6.07) is 19.7. The molecule has 1 aliphatic heterocycles. The first-order chi connectivity index (χ1) is 15.1. The van der Waals surface area contributed by atoms with Crippen molar-refractivity contribution in [3.05, 3.63) is 77.6 Å². The third-order valence-electron chi connectivity index (χ3n) is 5.78. The second-order valence-electron chi connectivity index (χ2n) is 7.92. The van der Waals surface area contributed by atoms with Crippen LogP contribution in [0.5, 0.6) is 0 Å². The Kier molecular flexibility index (Phi) is 6.46. The van der Waals surface area contributed by atoms with Crippen LogP contribution in [0.1, 0.15) is 34.5 Å². The van der Waals surface area contributed by atoms with Crippen molar-refractivity contribution in [2.45, 2.75) is 26.2 Å². The third kappa shape index (κ3) is 5.02. The van der Waals surface area contributed by atoms with Gasteiger partial charge in [-0.2, -0.15) is 0 Å². The maximum atomic E-state index is 12.7. The maximum Gasteiger partial charge on any atom is 0.344 e. The minimum absolute atomic E-state index is 0.165. The number of carbonyl (C=O) groups excluding carboxylic acids is 2. The summed E-state index contributed by atoms with van der Waals surface area (Å²) in [7, 11) is 0. The van der Waals surface area contributed by atoms with E-state index in [0.29, 0.717) is 30.5 Å². The lowest BCUT2D eigenvalue weighted by Crippen LogP contribution is -2.41. The lowest BCUT2D eigenvalue weighted by molar-refractivity contribution is -0.135. The van der Waals surface area contributed by atoms with E-state index in [4.69, 9.17) is 9.26 Å². The Bertz CT molecular complexity index is 1020. The predicted octanol–water partition coefficient (Wildman–Crippen LogP) is 4.29. The van der Waals surface area contributed by atoms with Crippen LogP contribution < -0.4 is 0 Å². The van der Waals surface area contributed by atoms with E-state index in [9.17, 15) is 9.59 Å². The maximum absolute atomic E-state index is 12.7. The lowest BCUT2D eigenvalue weighted by Gasteiger charge is -2.32. The normalized spacial score (nSPS) is 14.4. The average molecular weight is 418 g/mol. The van der Waals surface area contributed by atoms with Crippen LogP contribution in [0.25, 0.3) is 11.3 Å². The van der Waals surface area contributed by atoms with Gasteiger partial charge in [-0.3, -0.25) is 4.79 Å². The van der Waals surface area contributed by atoms with Gasteiger partial charge >= 0.3 is 5.97 Å². The van der Waals surface area contributed by atoms with Crippen molar-refractivity contribution in [3.63, 3.8) is 0 Å². The highest BCUT2D eigenvalue weighted by Crippen LogP contribution is 2.26. The molecule has 1 saturated heterocycles. The van der Waals surface area contributed by atoms with E-state index < -0.39 is 5.97 Å². The highest BCUT2D eigenvalue weighted by Gasteiger charge is 2.26. The molecule has 0 aliphatic carbocycles. The van der Waals surface area contributed by atoms with Gasteiger partial charge in [-0.15, -0.1) is 0 Å². The molecule has 160 valence electrons. The minimum atomic E-state index is -0.593. The van der Waals surface area contributed by atoms with Crippen molar-refractivity contribution in [2.24, 2.45) is 5.92 Å². The number of carbonyl (C=O) groups is 2. The monoisotopic (exact) mass is 418 g/mol. The third-order valence-corrected chi connectivity index (χ3v) is 5.78. The number of piperidine rings is 1. The van der Waals surface area contributed by atoms with Crippen LogP contribution in [-0.4, -0.2) is 41.6 Å². The Morgan fingerprint density at radius 2 is 1.68 bits per heavy atom. The molecule has 1 aliphatic rings. The highest BCUT2D eigenvalue weighted by molar-refractivity contribution is 5.98. The number of esters is 1. The first-order valence-corrected chi connectivity index (χ1v) is 10.6. The molecule has 2 aromatic carbocycles. The van der Waals surface area contributed by atoms with Crippen LogP contribution in [0.15, 0.2) is 65.2 Å². The van der Waals surface area contributed by atoms with Crippen LogP contribution in [0.4, 0.5) is 0 Å². The van der Waals surface area contributed by atoms with Gasteiger partial charge in [-0.05, 0) is 37.7 Å². The summed E-state index contributed by atoms with van der Waals surface area (Å²) < 4.78 is 10.5. The number of benzene rings is 2. The number of aromatic nitrogens is 1. The van der Waals surface area contributed by atoms with Crippen LogP contribution >= 0.6 is 0 Å². The summed E-state index contributed by atoms with van der Waals surface area (Å²) in [6.45, 7) is 2.77. The van der Waals surface area contributed by atoms with Crippen molar-refractivity contribution < 1.29 is 18.8 Å². The number of likely N-dealkylation sites (tertiary alicyclic amines) is 1. The van der Waals surface area contributed by atoms with Gasteiger partial charge in [0, 0.05) is 18.7 Å². The number of amides is 1. The fourth-order valence-electron chi connectivity index (χ4n) is 4.03. The molecule has 1 aromatic heterocycles. The van der Waals surface area contributed by atoms with Gasteiger partial charge in [0.25, 0.3) is 5.91 Å². The van der Waals surface area contributed by atoms with Crippen molar-refractivity contribution in [2.75, 3.05) is 19.7 Å². The molecular formula is C25H26N2O4. The minimum Gasteiger partial charge on any atom is -0.452 e. The first kappa shape index (κ1) is 20.8. The molecule has 1 amide bonds. The lowest BCUT2D eigenvalue weighted by atomic mass is 9.90. The quantitative estimate of drug-likeness (QED) is 0.559. The topological polar surface area (TPSA) is 72.6 Å². The second-order valence-corrected chi connectivity index (χ2v) is 7.92. The van der Waals surface area contributed by atoms with Crippen molar-refractivity contribution >= 4 is 11.9 Å². The summed E-state index contributed by atoms with van der Waals surface area (Å²) >= 11 is 0. The summed E-state index contributed by atoms with van der Waals surface area (Å²) in [4.78, 5) is 27.0. The highest BCUT2D eigenvalue weighted by atomic mass is 16.5. The molecule has 0 N–H and O–H groups in total. The Morgan fingerprint density at radius 3 is 2.35 bits per heavy atom. The molecule has 31 heavy (non-hydrogen) atoms. The Balaban J connectivity index is 1.30. The second kappa shape index (κ2) is 9.60. The number of hydrogen-bond donors (Lipinski definition) is 0. The average Bonchev–Trinajstić information content (AvgIpc) is 3.20. The Morgan fingerprint density at radius 1 is 1.03 bits per heavy atom. The smallest absolute Gasteiger partial charge is 0.344 e. The molecule has 2 heterocycles. The molecule has 0 radical (unpaired) electrons. The molecule has 0 spiro atoms. The summed E-state index contributed by atoms with van der Waals surface area (Å²) in [6.07, 6.45) is 2.95. The molecule has 4 rings (SSSR count). The van der Waals surface area contributed by atoms with Crippen LogP contribution in [0.2, 0.25) is 0 Å². The molecule has 3 aromatic rings. The fraction of sp³-hybridized carbons (Fsp3) is 0.320. The summed E-state index contributed by atoms with van der Waals surface area (Å²) in [5, 5.41) is 4.00. The molecule has 0 unspecified atom stereocenters. The van der Waals surface area contributed by atoms with E-state index in [0.717, 1.165) is 24.8 Å². The predicted molar refractivity (Wildman–Crippen MR) is 116 cm³/mol. The zero-order chi connectivity index (χ0) is 21.6. The zero-order valence-corrected chi connectivity index (χ0v) is 17.6. The number of rotatable bonds is 6. The van der Waals surface area contributed by atoms with Crippen LogP contribution in [-0.2, 0) is 16.0 Å². The Labute approximate surface area is 181 Å². The molecule has 6 heteroatoms. The SMILES string of the molecule is Cc1onc(-c2ccccc2)c1C(=O)OCC(=O)N1CCC(Cc2ccccc2)CC1. The molecule has 0 atom stereocenters. The molecule has 0 saturated carbocycles. The van der Waals surface area contributed by atoms with Crippen LogP contribution in [0, 0.1) is 12.8 Å². The van der Waals surface area contributed by atoms with Gasteiger partial charge in [-0.1, -0.05) is 65.8 Å². The molecule has 0 bridgehead atoms. The van der Waals surface area contributed by atoms with Crippen LogP contribution in [0.3, 0.4) is 0 Å². The largest absolute Gasteiger partial charge is 0.452 e. The molecule has 1 fully saturated rings. The van der Waals surface area contributed by atoms with Gasteiger partial charge in [-0.25, -0.2) is 4.79 Å². The van der Waals surface area contributed by atoms with Gasteiger partial charge in [0.15, 0.2) is 6.61 Å². The standard InChI is InChI=1S/C25H26N2O4/c1-18-23(24(26-31-18)21-10-6-3-7-11-21)25(29)30-17-22(28)27-14-12-20(13-15-27)16-19-8-4-2-5-9-19/h2-11,20H,12-17H2,1H3. The number of aryl methyl sites for hydroxylation is 1. The number of nitrogens with zero attached hydrogens (tertiary/aromatic N) is 2. The van der Waals surface area contributed by atoms with E-state index in [-0.39, 0.29) is 18.1 Å². The first-order valence-electron chi connectivity index (χ1n) is 10.6. The van der Waals surface area contributed by atoms with Gasteiger partial charge < -0.3 is 14.2 Å². The van der Waals surface area contributed by atoms with E-state index in [1.807, 2.05) is 36.4 Å². The Hall–Kier alpha value is -3.41. The molecular weight excluding hydrogens is 392 g/mol. The van der Waals surface area contributed by atoms with Gasteiger partial charge in [0.2, 0.25) is 0 Å². The van der Waals surface area contributed by atoms with E-state index in [1.54, 1.807) is 11.8 Å². The van der Waals surface area contributed by atoms with Crippen molar-refractivity contribution in [3.8, 4) is 11.3 Å². The molecule has 6 nitrogen and oxygen atoms in total. The van der Waals surface area contributed by atoms with Crippen molar-refractivity contribution in [1.29, 1.82) is 0 Å². The number of ether oxygens (including phenoxy) is 1. The van der Waals surface area contributed by atoms with E-state index in [2.05, 4.69) is 29.4 Å². The summed E-state index contributed by atoms with van der Waals surface area (Å²) in [5.74, 6) is 0.187. The van der Waals surface area contributed by atoms with Gasteiger partial charge in [0.05, 0.1) is 0 Å². The fourth-order valence-corrected chi connectivity index (χ4v) is 4.03.